The lowest BCUT2D eigenvalue weighted by molar-refractivity contribution is 0.372. The van der Waals surface area contributed by atoms with E-state index < -0.39 is 29.0 Å². The summed E-state index contributed by atoms with van der Waals surface area (Å²) in [7, 11) is 0. The van der Waals surface area contributed by atoms with Gasteiger partial charge in [-0.25, -0.2) is 17.6 Å². The lowest BCUT2D eigenvalue weighted by Gasteiger charge is -2.27. The van der Waals surface area contributed by atoms with Crippen molar-refractivity contribution in [3.63, 3.8) is 0 Å². The highest BCUT2D eigenvalue weighted by Crippen LogP contribution is 2.35. The molecule has 3 unspecified atom stereocenters. The summed E-state index contributed by atoms with van der Waals surface area (Å²) in [5.41, 5.74) is -0.678. The van der Waals surface area contributed by atoms with Gasteiger partial charge in [-0.15, -0.1) is 0 Å². The van der Waals surface area contributed by atoms with Gasteiger partial charge in [-0.1, -0.05) is 6.42 Å². The first-order chi connectivity index (χ1) is 10.1. The molecule has 1 aliphatic heterocycles. The van der Waals surface area contributed by atoms with Crippen molar-refractivity contribution in [3.05, 3.63) is 29.3 Å². The van der Waals surface area contributed by atoms with Gasteiger partial charge in [0.15, 0.2) is 23.3 Å². The third-order valence-electron chi connectivity index (χ3n) is 4.63. The van der Waals surface area contributed by atoms with Gasteiger partial charge in [0.2, 0.25) is 0 Å². The van der Waals surface area contributed by atoms with Crippen molar-refractivity contribution in [1.82, 2.24) is 5.32 Å². The van der Waals surface area contributed by atoms with E-state index in [1.165, 1.54) is 0 Å². The van der Waals surface area contributed by atoms with E-state index in [1.807, 2.05) is 0 Å². The molecule has 2 nitrogen and oxygen atoms in total. The standard InChI is InChI=1S/C15H18F4N2/c16-9-7-10(17)14(19)15(13(9)18)21-12-4-1-3-8(12)11-5-2-6-20-11/h7-8,11-12,20-21H,1-6H2. The number of halogens is 4. The maximum atomic E-state index is 13.7. The van der Waals surface area contributed by atoms with E-state index in [9.17, 15) is 17.6 Å². The highest BCUT2D eigenvalue weighted by Gasteiger charge is 2.36. The normalized spacial score (nSPS) is 29.0. The maximum absolute atomic E-state index is 13.7. The fourth-order valence-corrected chi connectivity index (χ4v) is 3.61. The van der Waals surface area contributed by atoms with Crippen LogP contribution in [-0.4, -0.2) is 18.6 Å². The zero-order valence-corrected chi connectivity index (χ0v) is 11.6. The highest BCUT2D eigenvalue weighted by molar-refractivity contribution is 5.48. The van der Waals surface area contributed by atoms with Crippen LogP contribution in [0, 0.1) is 29.2 Å². The Hall–Kier alpha value is -1.30. The predicted octanol–water partition coefficient (Wildman–Crippen LogP) is 3.58. The third kappa shape index (κ3) is 2.73. The summed E-state index contributed by atoms with van der Waals surface area (Å²) in [4.78, 5) is 0. The van der Waals surface area contributed by atoms with Crippen LogP contribution in [0.25, 0.3) is 0 Å². The molecule has 0 amide bonds. The van der Waals surface area contributed by atoms with Crippen LogP contribution in [0.2, 0.25) is 0 Å². The van der Waals surface area contributed by atoms with Gasteiger partial charge in [0.1, 0.15) is 5.69 Å². The molecule has 1 saturated heterocycles. The Morgan fingerprint density at radius 2 is 1.67 bits per heavy atom. The molecule has 2 N–H and O–H groups in total. The summed E-state index contributed by atoms with van der Waals surface area (Å²) in [6, 6.07) is 0.390. The fourth-order valence-electron chi connectivity index (χ4n) is 3.61. The van der Waals surface area contributed by atoms with Gasteiger partial charge in [-0.3, -0.25) is 0 Å². The smallest absolute Gasteiger partial charge is 0.185 e. The van der Waals surface area contributed by atoms with Crippen molar-refractivity contribution in [3.8, 4) is 0 Å². The third-order valence-corrected chi connectivity index (χ3v) is 4.63. The summed E-state index contributed by atoms with van der Waals surface area (Å²) < 4.78 is 54.0. The minimum atomic E-state index is -1.37. The van der Waals surface area contributed by atoms with Crippen LogP contribution < -0.4 is 10.6 Å². The number of benzene rings is 1. The second kappa shape index (κ2) is 5.83. The number of hydrogen-bond acceptors (Lipinski definition) is 2. The average Bonchev–Trinajstić information content (AvgIpc) is 3.11. The molecule has 0 spiro atoms. The van der Waals surface area contributed by atoms with Crippen molar-refractivity contribution in [2.45, 2.75) is 44.2 Å². The first kappa shape index (κ1) is 14.6. The molecular formula is C15H18F4N2. The molecule has 6 heteroatoms. The van der Waals surface area contributed by atoms with Crippen LogP contribution in [0.15, 0.2) is 6.07 Å². The summed E-state index contributed by atoms with van der Waals surface area (Å²) in [6.45, 7) is 0.950. The highest BCUT2D eigenvalue weighted by atomic mass is 19.2. The zero-order chi connectivity index (χ0) is 15.0. The van der Waals surface area contributed by atoms with E-state index in [0.717, 1.165) is 38.6 Å². The van der Waals surface area contributed by atoms with Crippen LogP contribution in [0.1, 0.15) is 32.1 Å². The first-order valence-electron chi connectivity index (χ1n) is 7.41. The first-order valence-corrected chi connectivity index (χ1v) is 7.41. The average molecular weight is 302 g/mol. The second-order valence-corrected chi connectivity index (χ2v) is 5.89. The van der Waals surface area contributed by atoms with E-state index in [0.29, 0.717) is 6.04 Å². The van der Waals surface area contributed by atoms with Gasteiger partial charge in [-0.05, 0) is 38.1 Å². The van der Waals surface area contributed by atoms with Crippen molar-refractivity contribution in [2.24, 2.45) is 5.92 Å². The van der Waals surface area contributed by atoms with Gasteiger partial charge in [0.25, 0.3) is 0 Å². The van der Waals surface area contributed by atoms with Crippen LogP contribution in [-0.2, 0) is 0 Å². The molecular weight excluding hydrogens is 284 g/mol. The van der Waals surface area contributed by atoms with Crippen LogP contribution in [0.3, 0.4) is 0 Å². The van der Waals surface area contributed by atoms with Crippen LogP contribution in [0.4, 0.5) is 23.2 Å². The molecule has 1 aromatic rings. The van der Waals surface area contributed by atoms with Crippen molar-refractivity contribution in [2.75, 3.05) is 11.9 Å². The molecule has 3 rings (SSSR count). The zero-order valence-electron chi connectivity index (χ0n) is 11.6. The number of anilines is 1. The fraction of sp³-hybridized carbons (Fsp3) is 0.600. The molecule has 0 bridgehead atoms. The lowest BCUT2D eigenvalue weighted by atomic mass is 9.93. The van der Waals surface area contributed by atoms with E-state index in [-0.39, 0.29) is 18.0 Å². The Labute approximate surface area is 120 Å². The molecule has 116 valence electrons. The Morgan fingerprint density at radius 3 is 2.29 bits per heavy atom. The minimum absolute atomic E-state index is 0.161. The SMILES string of the molecule is Fc1cc(F)c(F)c(NC2CCCC2C2CCCN2)c1F. The van der Waals surface area contributed by atoms with Gasteiger partial charge in [-0.2, -0.15) is 0 Å². The van der Waals surface area contributed by atoms with Crippen molar-refractivity contribution < 1.29 is 17.6 Å². The molecule has 1 aromatic carbocycles. The lowest BCUT2D eigenvalue weighted by Crippen LogP contribution is -2.38. The summed E-state index contributed by atoms with van der Waals surface area (Å²) in [5, 5.41) is 6.11. The summed E-state index contributed by atoms with van der Waals surface area (Å²) in [6.07, 6.45) is 4.77. The van der Waals surface area contributed by atoms with Crippen LogP contribution in [0.5, 0.6) is 0 Å². The molecule has 2 aliphatic rings. The van der Waals surface area contributed by atoms with E-state index in [2.05, 4.69) is 10.6 Å². The quantitative estimate of drug-likeness (QED) is 0.659. The van der Waals surface area contributed by atoms with Gasteiger partial charge < -0.3 is 10.6 Å². The topological polar surface area (TPSA) is 24.1 Å². The second-order valence-electron chi connectivity index (χ2n) is 5.89. The van der Waals surface area contributed by atoms with E-state index in [1.54, 1.807) is 0 Å². The molecule has 21 heavy (non-hydrogen) atoms. The molecule has 3 atom stereocenters. The van der Waals surface area contributed by atoms with E-state index in [4.69, 9.17) is 0 Å². The van der Waals surface area contributed by atoms with Gasteiger partial charge >= 0.3 is 0 Å². The molecule has 2 fully saturated rings. The Kier molecular flexibility index (Phi) is 4.06. The van der Waals surface area contributed by atoms with Gasteiger partial charge in [0, 0.05) is 18.2 Å². The monoisotopic (exact) mass is 302 g/mol. The van der Waals surface area contributed by atoms with Crippen LogP contribution >= 0.6 is 0 Å². The molecule has 1 saturated carbocycles. The number of hydrogen-bond donors (Lipinski definition) is 2. The number of nitrogens with one attached hydrogen (secondary N) is 2. The Bertz CT molecular complexity index is 503. The van der Waals surface area contributed by atoms with Crippen molar-refractivity contribution >= 4 is 5.69 Å². The predicted molar refractivity (Wildman–Crippen MR) is 72.1 cm³/mol. The molecule has 0 aromatic heterocycles. The maximum Gasteiger partial charge on any atom is 0.185 e. The minimum Gasteiger partial charge on any atom is -0.377 e. The largest absolute Gasteiger partial charge is 0.377 e. The summed E-state index contributed by atoms with van der Waals surface area (Å²) in [5.74, 6) is -5.20. The van der Waals surface area contributed by atoms with E-state index >= 15 is 0 Å². The number of rotatable bonds is 3. The Morgan fingerprint density at radius 1 is 0.952 bits per heavy atom. The Balaban J connectivity index is 1.82. The van der Waals surface area contributed by atoms with Gasteiger partial charge in [0.05, 0.1) is 0 Å². The van der Waals surface area contributed by atoms with Crippen molar-refractivity contribution in [1.29, 1.82) is 0 Å². The molecule has 1 heterocycles. The molecule has 0 radical (unpaired) electrons. The summed E-state index contributed by atoms with van der Waals surface area (Å²) >= 11 is 0. The molecule has 1 aliphatic carbocycles.